The van der Waals surface area contributed by atoms with E-state index in [1.165, 1.54) is 0 Å². The highest BCUT2D eigenvalue weighted by atomic mass is 35.5. The molecule has 2 aromatic rings. The third kappa shape index (κ3) is 3.00. The molecule has 0 saturated carbocycles. The van der Waals surface area contributed by atoms with E-state index in [0.29, 0.717) is 14.9 Å². The van der Waals surface area contributed by atoms with Crippen LogP contribution in [0, 0.1) is 0 Å². The second kappa shape index (κ2) is 5.54. The van der Waals surface area contributed by atoms with Gasteiger partial charge in [0.2, 0.25) is 0 Å². The van der Waals surface area contributed by atoms with E-state index >= 15 is 0 Å². The number of nitrogens with one attached hydrogen (secondary N) is 1. The van der Waals surface area contributed by atoms with Crippen molar-refractivity contribution in [2.45, 2.75) is 4.90 Å². The summed E-state index contributed by atoms with van der Waals surface area (Å²) in [5.41, 5.74) is 0.766. The lowest BCUT2D eigenvalue weighted by Gasteiger charge is -2.08. The van der Waals surface area contributed by atoms with Crippen LogP contribution in [0.4, 0.5) is 5.69 Å². The van der Waals surface area contributed by atoms with Crippen molar-refractivity contribution in [1.29, 1.82) is 0 Å². The van der Waals surface area contributed by atoms with Crippen molar-refractivity contribution in [2.75, 3.05) is 4.72 Å². The van der Waals surface area contributed by atoms with Crippen molar-refractivity contribution in [3.05, 3.63) is 58.6 Å². The van der Waals surface area contributed by atoms with Crippen LogP contribution < -0.4 is 4.72 Å². The molecular formula is C12H9Cl2NOS. The number of hydrogen-bond donors (Lipinski definition) is 1. The second-order valence-electron chi connectivity index (χ2n) is 3.29. The molecule has 0 aromatic heterocycles. The Hall–Kier alpha value is -1.03. The normalized spacial score (nSPS) is 12.1. The summed E-state index contributed by atoms with van der Waals surface area (Å²) in [6, 6.07) is 14.3. The average Bonchev–Trinajstić information content (AvgIpc) is 2.34. The fraction of sp³-hybridized carbons (Fsp3) is 0. The number of hydrogen-bond acceptors (Lipinski definition) is 1. The van der Waals surface area contributed by atoms with Gasteiger partial charge >= 0.3 is 0 Å². The summed E-state index contributed by atoms with van der Waals surface area (Å²) in [5.74, 6) is 0. The Morgan fingerprint density at radius 3 is 2.35 bits per heavy atom. The van der Waals surface area contributed by atoms with E-state index in [0.717, 1.165) is 5.69 Å². The third-order valence-corrected chi connectivity index (χ3v) is 4.19. The molecule has 1 unspecified atom stereocenters. The summed E-state index contributed by atoms with van der Waals surface area (Å²) in [4.78, 5) is 0.475. The van der Waals surface area contributed by atoms with E-state index < -0.39 is 11.0 Å². The van der Waals surface area contributed by atoms with E-state index in [1.807, 2.05) is 30.3 Å². The zero-order valence-electron chi connectivity index (χ0n) is 8.69. The largest absolute Gasteiger partial charge is 0.301 e. The molecule has 1 N–H and O–H groups in total. The number of halogens is 2. The van der Waals surface area contributed by atoms with Crippen molar-refractivity contribution in [2.24, 2.45) is 0 Å². The van der Waals surface area contributed by atoms with Crippen molar-refractivity contribution in [3.8, 4) is 0 Å². The number of rotatable bonds is 3. The maximum atomic E-state index is 12.0. The van der Waals surface area contributed by atoms with Crippen LogP contribution in [0.25, 0.3) is 0 Å². The van der Waals surface area contributed by atoms with Crippen LogP contribution in [0.15, 0.2) is 53.4 Å². The van der Waals surface area contributed by atoms with Crippen LogP contribution in [0.1, 0.15) is 0 Å². The minimum absolute atomic E-state index is 0.316. The molecule has 2 rings (SSSR count). The Balaban J connectivity index is 2.24. The molecule has 0 aliphatic carbocycles. The highest BCUT2D eigenvalue weighted by molar-refractivity contribution is 7.86. The molecule has 0 radical (unpaired) electrons. The molecule has 0 fully saturated rings. The van der Waals surface area contributed by atoms with Crippen LogP contribution in [0.3, 0.4) is 0 Å². The summed E-state index contributed by atoms with van der Waals surface area (Å²) >= 11 is 11.9. The average molecular weight is 286 g/mol. The van der Waals surface area contributed by atoms with E-state index in [2.05, 4.69) is 4.72 Å². The lowest BCUT2D eigenvalue weighted by atomic mass is 10.3. The van der Waals surface area contributed by atoms with Gasteiger partial charge in [-0.3, -0.25) is 0 Å². The van der Waals surface area contributed by atoms with Crippen molar-refractivity contribution >= 4 is 39.9 Å². The molecule has 5 heteroatoms. The smallest absolute Gasteiger partial charge is 0.151 e. The molecule has 2 nitrogen and oxygen atoms in total. The molecule has 88 valence electrons. The van der Waals surface area contributed by atoms with Crippen molar-refractivity contribution < 1.29 is 4.21 Å². The summed E-state index contributed by atoms with van der Waals surface area (Å²) in [7, 11) is -1.42. The Morgan fingerprint density at radius 2 is 1.65 bits per heavy atom. The van der Waals surface area contributed by atoms with Gasteiger partial charge in [0.25, 0.3) is 0 Å². The minimum Gasteiger partial charge on any atom is -0.301 e. The molecular weight excluding hydrogens is 277 g/mol. The van der Waals surface area contributed by atoms with Gasteiger partial charge in [0, 0.05) is 5.69 Å². The van der Waals surface area contributed by atoms with E-state index in [1.54, 1.807) is 18.2 Å². The molecule has 17 heavy (non-hydrogen) atoms. The van der Waals surface area contributed by atoms with Gasteiger partial charge in [-0.05, 0) is 24.3 Å². The molecule has 1 atom stereocenters. The molecule has 0 aliphatic heterocycles. The van der Waals surface area contributed by atoms with Gasteiger partial charge in [0.05, 0.1) is 14.9 Å². The van der Waals surface area contributed by atoms with Crippen molar-refractivity contribution in [1.82, 2.24) is 0 Å². The van der Waals surface area contributed by atoms with Crippen LogP contribution in [-0.2, 0) is 11.0 Å². The Labute approximate surface area is 112 Å². The fourth-order valence-corrected chi connectivity index (χ4v) is 2.80. The Morgan fingerprint density at radius 1 is 0.941 bits per heavy atom. The molecule has 0 amide bonds. The van der Waals surface area contributed by atoms with E-state index in [-0.39, 0.29) is 0 Å². The first-order valence-electron chi connectivity index (χ1n) is 4.86. The molecule has 0 saturated heterocycles. The van der Waals surface area contributed by atoms with Crippen LogP contribution in [-0.4, -0.2) is 4.21 Å². The summed E-state index contributed by atoms with van der Waals surface area (Å²) in [6.07, 6.45) is 0. The van der Waals surface area contributed by atoms with Gasteiger partial charge in [0.1, 0.15) is 0 Å². The summed E-state index contributed by atoms with van der Waals surface area (Å²) < 4.78 is 14.9. The van der Waals surface area contributed by atoms with Gasteiger partial charge in [0.15, 0.2) is 11.0 Å². The second-order valence-corrected chi connectivity index (χ2v) is 5.26. The number of para-hydroxylation sites is 1. The van der Waals surface area contributed by atoms with E-state index in [4.69, 9.17) is 23.2 Å². The van der Waals surface area contributed by atoms with E-state index in [9.17, 15) is 4.21 Å². The predicted molar refractivity (Wildman–Crippen MR) is 72.9 cm³/mol. The fourth-order valence-electron chi connectivity index (χ4n) is 1.30. The predicted octanol–water partition coefficient (Wildman–Crippen LogP) is 4.13. The van der Waals surface area contributed by atoms with Crippen LogP contribution in [0.2, 0.25) is 10.0 Å². The SMILES string of the molecule is O=S(Nc1ccccc1)c1cccc(Cl)c1Cl. The van der Waals surface area contributed by atoms with Crippen LogP contribution >= 0.6 is 23.2 Å². The number of anilines is 1. The maximum Gasteiger partial charge on any atom is 0.151 e. The van der Waals surface area contributed by atoms with Crippen LogP contribution in [0.5, 0.6) is 0 Å². The number of benzene rings is 2. The summed E-state index contributed by atoms with van der Waals surface area (Å²) in [5, 5.41) is 0.711. The Bertz CT molecular complexity index is 545. The molecule has 0 spiro atoms. The van der Waals surface area contributed by atoms with Gasteiger partial charge in [-0.1, -0.05) is 47.5 Å². The molecule has 2 aromatic carbocycles. The first-order chi connectivity index (χ1) is 8.18. The highest BCUT2D eigenvalue weighted by Crippen LogP contribution is 2.28. The molecule has 0 heterocycles. The standard InChI is InChI=1S/C12H9Cl2NOS/c13-10-7-4-8-11(12(10)14)17(16)15-9-5-2-1-3-6-9/h1-8,15H. The first kappa shape index (κ1) is 12.4. The van der Waals surface area contributed by atoms with Gasteiger partial charge in [-0.15, -0.1) is 0 Å². The van der Waals surface area contributed by atoms with Gasteiger partial charge in [-0.25, -0.2) is 4.21 Å². The zero-order valence-corrected chi connectivity index (χ0v) is 11.0. The third-order valence-electron chi connectivity index (χ3n) is 2.10. The quantitative estimate of drug-likeness (QED) is 0.903. The van der Waals surface area contributed by atoms with Gasteiger partial charge in [-0.2, -0.15) is 0 Å². The molecule has 0 aliphatic rings. The maximum absolute atomic E-state index is 12.0. The first-order valence-corrected chi connectivity index (χ1v) is 6.76. The monoisotopic (exact) mass is 285 g/mol. The minimum atomic E-state index is -1.42. The van der Waals surface area contributed by atoms with Crippen molar-refractivity contribution in [3.63, 3.8) is 0 Å². The zero-order chi connectivity index (χ0) is 12.3. The topological polar surface area (TPSA) is 29.1 Å². The lowest BCUT2D eigenvalue weighted by molar-refractivity contribution is 0.686. The Kier molecular flexibility index (Phi) is 4.05. The summed E-state index contributed by atoms with van der Waals surface area (Å²) in [6.45, 7) is 0. The molecule has 0 bridgehead atoms. The van der Waals surface area contributed by atoms with Gasteiger partial charge < -0.3 is 4.72 Å². The highest BCUT2D eigenvalue weighted by Gasteiger charge is 2.11. The lowest BCUT2D eigenvalue weighted by Crippen LogP contribution is -2.05.